The summed E-state index contributed by atoms with van der Waals surface area (Å²) in [6.45, 7) is 0. The average molecular weight is 461 g/mol. The number of hydrogen-bond donors (Lipinski definition) is 3. The number of amides is 2. The topological polar surface area (TPSA) is 113 Å². The molecule has 0 radical (unpaired) electrons. The van der Waals surface area contributed by atoms with Crippen LogP contribution < -0.4 is 16.0 Å². The van der Waals surface area contributed by atoms with Gasteiger partial charge in [0, 0.05) is 17.7 Å². The molecule has 2 aromatic rings. The van der Waals surface area contributed by atoms with Crippen LogP contribution in [0.3, 0.4) is 0 Å². The Labute approximate surface area is 189 Å². The molecule has 1 aliphatic rings. The van der Waals surface area contributed by atoms with Crippen LogP contribution in [-0.2, 0) is 0 Å². The van der Waals surface area contributed by atoms with Crippen molar-refractivity contribution in [3.05, 3.63) is 68.7 Å². The fraction of sp³-hybridized carbons (Fsp3) is 0.286. The van der Waals surface area contributed by atoms with E-state index in [0.29, 0.717) is 11.3 Å². The molecule has 3 rings (SSSR count). The summed E-state index contributed by atoms with van der Waals surface area (Å²) >= 11 is 11.0. The first-order valence-corrected chi connectivity index (χ1v) is 10.6. The molecule has 31 heavy (non-hydrogen) atoms. The third kappa shape index (κ3) is 5.99. The average Bonchev–Trinajstić information content (AvgIpc) is 2.74. The van der Waals surface area contributed by atoms with Gasteiger partial charge < -0.3 is 10.6 Å². The zero-order valence-electron chi connectivity index (χ0n) is 16.5. The van der Waals surface area contributed by atoms with E-state index < -0.39 is 10.8 Å². The fourth-order valence-electron chi connectivity index (χ4n) is 3.42. The molecule has 1 saturated carbocycles. The molecule has 0 aromatic heterocycles. The van der Waals surface area contributed by atoms with Crippen molar-refractivity contribution in [2.75, 3.05) is 5.32 Å². The highest BCUT2D eigenvalue weighted by Crippen LogP contribution is 2.25. The van der Waals surface area contributed by atoms with E-state index in [1.165, 1.54) is 18.6 Å². The van der Waals surface area contributed by atoms with E-state index in [-0.39, 0.29) is 33.3 Å². The molecule has 8 nitrogen and oxygen atoms in total. The summed E-state index contributed by atoms with van der Waals surface area (Å²) in [6, 6.07) is 10.7. The smallest absolute Gasteiger partial charge is 0.288 e. The number of halogens is 1. The first-order chi connectivity index (χ1) is 14.8. The normalized spacial score (nSPS) is 13.8. The lowest BCUT2D eigenvalue weighted by molar-refractivity contribution is -0.384. The summed E-state index contributed by atoms with van der Waals surface area (Å²) in [5, 5.41) is 19.3. The molecule has 0 spiro atoms. The zero-order chi connectivity index (χ0) is 22.4. The summed E-state index contributed by atoms with van der Waals surface area (Å²) < 4.78 is 0. The van der Waals surface area contributed by atoms with E-state index in [9.17, 15) is 19.7 Å². The number of rotatable bonds is 5. The number of nitro groups is 1. The van der Waals surface area contributed by atoms with Crippen LogP contribution in [0.15, 0.2) is 42.5 Å². The summed E-state index contributed by atoms with van der Waals surface area (Å²) in [7, 11) is 0. The number of anilines is 1. The van der Waals surface area contributed by atoms with Gasteiger partial charge in [-0.2, -0.15) is 0 Å². The van der Waals surface area contributed by atoms with Crippen molar-refractivity contribution in [1.29, 1.82) is 0 Å². The first-order valence-electron chi connectivity index (χ1n) is 9.81. The molecular weight excluding hydrogens is 440 g/mol. The number of nitrogens with one attached hydrogen (secondary N) is 3. The van der Waals surface area contributed by atoms with Crippen LogP contribution in [0.1, 0.15) is 52.8 Å². The van der Waals surface area contributed by atoms with Crippen molar-refractivity contribution in [2.24, 2.45) is 0 Å². The van der Waals surface area contributed by atoms with E-state index in [2.05, 4.69) is 16.0 Å². The largest absolute Gasteiger partial charge is 0.349 e. The van der Waals surface area contributed by atoms with Crippen molar-refractivity contribution in [1.82, 2.24) is 10.6 Å². The molecule has 0 heterocycles. The lowest BCUT2D eigenvalue weighted by Gasteiger charge is -2.23. The third-order valence-electron chi connectivity index (χ3n) is 4.99. The van der Waals surface area contributed by atoms with Crippen molar-refractivity contribution < 1.29 is 14.5 Å². The van der Waals surface area contributed by atoms with Crippen LogP contribution in [0.5, 0.6) is 0 Å². The molecule has 162 valence electrons. The van der Waals surface area contributed by atoms with Crippen LogP contribution >= 0.6 is 23.8 Å². The minimum absolute atomic E-state index is 0.0311. The summed E-state index contributed by atoms with van der Waals surface area (Å²) in [5.41, 5.74) is 0.511. The molecule has 0 bridgehead atoms. The quantitative estimate of drug-likeness (QED) is 0.345. The van der Waals surface area contributed by atoms with E-state index >= 15 is 0 Å². The molecule has 0 atom stereocenters. The van der Waals surface area contributed by atoms with Gasteiger partial charge in [0.1, 0.15) is 5.02 Å². The number of carbonyl (C=O) groups is 2. The number of hydrogen-bond acceptors (Lipinski definition) is 5. The van der Waals surface area contributed by atoms with Gasteiger partial charge in [0.15, 0.2) is 5.11 Å². The van der Waals surface area contributed by atoms with E-state index in [1.807, 2.05) is 0 Å². The SMILES string of the molecule is O=C(NC(=S)Nc1ccccc1C(=O)NC1CCCCC1)c1ccc(Cl)c([N+](=O)[O-])c1. The third-order valence-corrected chi connectivity index (χ3v) is 5.52. The molecule has 0 saturated heterocycles. The maximum atomic E-state index is 12.7. The number of para-hydroxylation sites is 1. The minimum Gasteiger partial charge on any atom is -0.349 e. The predicted octanol–water partition coefficient (Wildman–Crippen LogP) is 4.44. The van der Waals surface area contributed by atoms with Crippen molar-refractivity contribution in [3.8, 4) is 0 Å². The molecule has 3 N–H and O–H groups in total. The highest BCUT2D eigenvalue weighted by molar-refractivity contribution is 7.80. The molecule has 0 aliphatic heterocycles. The predicted molar refractivity (Wildman–Crippen MR) is 123 cm³/mol. The van der Waals surface area contributed by atoms with E-state index in [4.69, 9.17) is 23.8 Å². The molecule has 1 fully saturated rings. The highest BCUT2D eigenvalue weighted by atomic mass is 35.5. The fourth-order valence-corrected chi connectivity index (χ4v) is 3.81. The lowest BCUT2D eigenvalue weighted by Crippen LogP contribution is -2.37. The molecular formula is C21H21ClN4O4S. The second-order valence-corrected chi connectivity index (χ2v) is 8.00. The Bertz CT molecular complexity index is 1020. The Morgan fingerprint density at radius 2 is 1.77 bits per heavy atom. The summed E-state index contributed by atoms with van der Waals surface area (Å²) in [6.07, 6.45) is 5.31. The Morgan fingerprint density at radius 1 is 1.06 bits per heavy atom. The molecule has 1 aliphatic carbocycles. The van der Waals surface area contributed by atoms with Crippen molar-refractivity contribution >= 4 is 52.1 Å². The Morgan fingerprint density at radius 3 is 2.48 bits per heavy atom. The van der Waals surface area contributed by atoms with Gasteiger partial charge in [-0.1, -0.05) is 43.0 Å². The second kappa shape index (κ2) is 10.3. The lowest BCUT2D eigenvalue weighted by atomic mass is 9.95. The van der Waals surface area contributed by atoms with E-state index in [0.717, 1.165) is 31.7 Å². The summed E-state index contributed by atoms with van der Waals surface area (Å²) in [5.74, 6) is -0.848. The van der Waals surface area contributed by atoms with Gasteiger partial charge in [-0.05, 0) is 49.3 Å². The van der Waals surface area contributed by atoms with Gasteiger partial charge in [0.25, 0.3) is 17.5 Å². The first kappa shape index (κ1) is 22.6. The van der Waals surface area contributed by atoms with Crippen LogP contribution in [-0.4, -0.2) is 27.9 Å². The van der Waals surface area contributed by atoms with Crippen LogP contribution in [0, 0.1) is 10.1 Å². The maximum absolute atomic E-state index is 12.7. The highest BCUT2D eigenvalue weighted by Gasteiger charge is 2.20. The number of nitrogens with zero attached hydrogens (tertiary/aromatic N) is 1. The monoisotopic (exact) mass is 460 g/mol. The number of carbonyl (C=O) groups excluding carboxylic acids is 2. The standard InChI is InChI=1S/C21H21ClN4O4S/c22-16-11-10-13(12-18(16)26(29)30)19(27)25-21(31)24-17-9-5-4-8-15(17)20(28)23-14-6-2-1-3-7-14/h4-5,8-12,14H,1-3,6-7H2,(H,23,28)(H2,24,25,27,31). The zero-order valence-corrected chi connectivity index (χ0v) is 18.1. The number of benzene rings is 2. The molecule has 10 heteroatoms. The minimum atomic E-state index is -0.670. The second-order valence-electron chi connectivity index (χ2n) is 7.19. The van der Waals surface area contributed by atoms with Crippen LogP contribution in [0.25, 0.3) is 0 Å². The van der Waals surface area contributed by atoms with Gasteiger partial charge in [0.05, 0.1) is 16.2 Å². The molecule has 2 amide bonds. The molecule has 0 unspecified atom stereocenters. The van der Waals surface area contributed by atoms with Gasteiger partial charge in [-0.15, -0.1) is 0 Å². The summed E-state index contributed by atoms with van der Waals surface area (Å²) in [4.78, 5) is 35.5. The Balaban J connectivity index is 1.67. The molecule has 2 aromatic carbocycles. The number of nitro benzene ring substituents is 1. The number of thiocarbonyl (C=S) groups is 1. The van der Waals surface area contributed by atoms with Gasteiger partial charge in [-0.3, -0.25) is 25.0 Å². The Kier molecular flexibility index (Phi) is 7.54. The van der Waals surface area contributed by atoms with Crippen LogP contribution in [0.4, 0.5) is 11.4 Å². The van der Waals surface area contributed by atoms with Gasteiger partial charge >= 0.3 is 0 Å². The van der Waals surface area contributed by atoms with Crippen LogP contribution in [0.2, 0.25) is 5.02 Å². The maximum Gasteiger partial charge on any atom is 0.288 e. The van der Waals surface area contributed by atoms with Gasteiger partial charge in [-0.25, -0.2) is 0 Å². The Hall–Kier alpha value is -3.04. The van der Waals surface area contributed by atoms with Gasteiger partial charge in [0.2, 0.25) is 0 Å². The van der Waals surface area contributed by atoms with E-state index in [1.54, 1.807) is 24.3 Å². The van der Waals surface area contributed by atoms with Crippen molar-refractivity contribution in [3.63, 3.8) is 0 Å². The van der Waals surface area contributed by atoms with Crippen molar-refractivity contribution in [2.45, 2.75) is 38.1 Å².